The summed E-state index contributed by atoms with van der Waals surface area (Å²) in [6.45, 7) is 0.713. The Kier molecular flexibility index (Phi) is 2.78. The zero-order valence-electron chi connectivity index (χ0n) is 7.37. The van der Waals surface area contributed by atoms with Crippen LogP contribution in [0.25, 0.3) is 0 Å². The second kappa shape index (κ2) is 4.23. The molecule has 0 atom stereocenters. The first-order valence-corrected chi connectivity index (χ1v) is 4.97. The third-order valence-corrected chi connectivity index (χ3v) is 2.42. The summed E-state index contributed by atoms with van der Waals surface area (Å²) < 4.78 is 0.819. The number of nitrogens with zero attached hydrogens (tertiary/aromatic N) is 2. The summed E-state index contributed by atoms with van der Waals surface area (Å²) in [6, 6.07) is 3.85. The highest BCUT2D eigenvalue weighted by molar-refractivity contribution is 9.10. The number of H-pyrrole nitrogens is 1. The van der Waals surface area contributed by atoms with Gasteiger partial charge in [0.2, 0.25) is 0 Å². The van der Waals surface area contributed by atoms with Gasteiger partial charge in [-0.2, -0.15) is 0 Å². The van der Waals surface area contributed by atoms with Crippen molar-refractivity contribution in [3.63, 3.8) is 0 Å². The molecule has 4 nitrogen and oxygen atoms in total. The molecule has 0 radical (unpaired) electrons. The average molecular weight is 253 g/mol. The van der Waals surface area contributed by atoms with Crippen LogP contribution in [0.1, 0.15) is 5.69 Å². The first kappa shape index (κ1) is 9.21. The Morgan fingerprint density at radius 1 is 1.50 bits per heavy atom. The molecule has 2 N–H and O–H groups in total. The highest BCUT2D eigenvalue weighted by Crippen LogP contribution is 2.18. The van der Waals surface area contributed by atoms with Gasteiger partial charge < -0.3 is 10.3 Å². The van der Waals surface area contributed by atoms with Crippen molar-refractivity contribution in [3.8, 4) is 0 Å². The molecule has 0 fully saturated rings. The van der Waals surface area contributed by atoms with Crippen molar-refractivity contribution < 1.29 is 0 Å². The summed E-state index contributed by atoms with van der Waals surface area (Å²) >= 11 is 3.36. The van der Waals surface area contributed by atoms with Gasteiger partial charge in [-0.1, -0.05) is 0 Å². The topological polar surface area (TPSA) is 53.6 Å². The summed E-state index contributed by atoms with van der Waals surface area (Å²) in [5, 5.41) is 3.23. The molecule has 2 aromatic rings. The van der Waals surface area contributed by atoms with Gasteiger partial charge in [-0.05, 0) is 28.1 Å². The van der Waals surface area contributed by atoms with Crippen LogP contribution in [0.2, 0.25) is 0 Å². The standard InChI is InChI=1S/C9H9BrN4/c10-9-8(2-1-3-12-9)13-5-7-4-11-6-14-7/h1-4,6,13H,5H2,(H,11,14). The molecule has 72 valence electrons. The molecule has 0 aliphatic rings. The summed E-state index contributed by atoms with van der Waals surface area (Å²) in [5.41, 5.74) is 2.02. The first-order valence-electron chi connectivity index (χ1n) is 4.18. The zero-order valence-corrected chi connectivity index (χ0v) is 8.95. The fourth-order valence-electron chi connectivity index (χ4n) is 1.09. The molecule has 0 aliphatic carbocycles. The van der Waals surface area contributed by atoms with Gasteiger partial charge in [0.05, 0.1) is 24.3 Å². The van der Waals surface area contributed by atoms with Gasteiger partial charge in [0.1, 0.15) is 4.60 Å². The van der Waals surface area contributed by atoms with Crippen molar-refractivity contribution in [1.82, 2.24) is 15.0 Å². The molecule has 2 rings (SSSR count). The Labute approximate surface area is 89.9 Å². The lowest BCUT2D eigenvalue weighted by atomic mass is 10.4. The van der Waals surface area contributed by atoms with E-state index in [-0.39, 0.29) is 0 Å². The minimum Gasteiger partial charge on any atom is -0.377 e. The highest BCUT2D eigenvalue weighted by Gasteiger charge is 1.99. The first-order chi connectivity index (χ1) is 6.86. The molecule has 0 saturated heterocycles. The fraction of sp³-hybridized carbons (Fsp3) is 0.111. The predicted molar refractivity (Wildman–Crippen MR) is 57.9 cm³/mol. The Hall–Kier alpha value is -1.36. The third kappa shape index (κ3) is 2.11. The number of pyridine rings is 1. The number of hydrogen-bond acceptors (Lipinski definition) is 3. The Morgan fingerprint density at radius 3 is 3.14 bits per heavy atom. The van der Waals surface area contributed by atoms with Crippen LogP contribution >= 0.6 is 15.9 Å². The van der Waals surface area contributed by atoms with Crippen molar-refractivity contribution in [2.75, 3.05) is 5.32 Å². The van der Waals surface area contributed by atoms with E-state index in [1.807, 2.05) is 12.1 Å². The summed E-state index contributed by atoms with van der Waals surface area (Å²) in [4.78, 5) is 11.1. The maximum Gasteiger partial charge on any atom is 0.129 e. The molecule has 14 heavy (non-hydrogen) atoms. The number of anilines is 1. The second-order valence-corrected chi connectivity index (χ2v) is 3.52. The molecule has 0 bridgehead atoms. The van der Waals surface area contributed by atoms with E-state index in [0.29, 0.717) is 6.54 Å². The largest absolute Gasteiger partial charge is 0.377 e. The smallest absolute Gasteiger partial charge is 0.129 e. The van der Waals surface area contributed by atoms with Gasteiger partial charge in [-0.3, -0.25) is 0 Å². The van der Waals surface area contributed by atoms with Gasteiger partial charge in [-0.25, -0.2) is 9.97 Å². The van der Waals surface area contributed by atoms with Gasteiger partial charge in [-0.15, -0.1) is 0 Å². The van der Waals surface area contributed by atoms with Gasteiger partial charge >= 0.3 is 0 Å². The van der Waals surface area contributed by atoms with Crippen LogP contribution in [0, 0.1) is 0 Å². The van der Waals surface area contributed by atoms with E-state index in [4.69, 9.17) is 0 Å². The second-order valence-electron chi connectivity index (χ2n) is 2.77. The molecule has 0 unspecified atom stereocenters. The third-order valence-electron chi connectivity index (χ3n) is 1.78. The lowest BCUT2D eigenvalue weighted by Crippen LogP contribution is -2.00. The molecule has 0 aromatic carbocycles. The summed E-state index contributed by atoms with van der Waals surface area (Å²) in [7, 11) is 0. The van der Waals surface area contributed by atoms with Gasteiger partial charge in [0.15, 0.2) is 0 Å². The molecule has 0 spiro atoms. The van der Waals surface area contributed by atoms with Crippen LogP contribution in [0.4, 0.5) is 5.69 Å². The van der Waals surface area contributed by atoms with Crippen molar-refractivity contribution in [3.05, 3.63) is 41.2 Å². The van der Waals surface area contributed by atoms with Gasteiger partial charge in [0, 0.05) is 12.4 Å². The van der Waals surface area contributed by atoms with Crippen LogP contribution < -0.4 is 5.32 Å². The van der Waals surface area contributed by atoms with Crippen LogP contribution in [-0.2, 0) is 6.54 Å². The van der Waals surface area contributed by atoms with Crippen LogP contribution in [0.15, 0.2) is 35.5 Å². The minimum atomic E-state index is 0.713. The predicted octanol–water partition coefficient (Wildman–Crippen LogP) is 2.18. The number of nitrogens with one attached hydrogen (secondary N) is 2. The molecule has 5 heteroatoms. The molecule has 0 aliphatic heterocycles. The Balaban J connectivity index is 2.02. The van der Waals surface area contributed by atoms with Crippen molar-refractivity contribution in [1.29, 1.82) is 0 Å². The Bertz CT molecular complexity index is 399. The fourth-order valence-corrected chi connectivity index (χ4v) is 1.48. The maximum absolute atomic E-state index is 4.11. The van der Waals surface area contributed by atoms with Crippen LogP contribution in [0.5, 0.6) is 0 Å². The molecule has 0 amide bonds. The van der Waals surface area contributed by atoms with Gasteiger partial charge in [0.25, 0.3) is 0 Å². The Morgan fingerprint density at radius 2 is 2.43 bits per heavy atom. The SMILES string of the molecule is Brc1ncccc1NCc1cnc[nH]1. The van der Waals surface area contributed by atoms with E-state index in [2.05, 4.69) is 36.2 Å². The van der Waals surface area contributed by atoms with E-state index >= 15 is 0 Å². The normalized spacial score (nSPS) is 10.1. The number of aromatic amines is 1. The number of hydrogen-bond donors (Lipinski definition) is 2. The molecule has 2 aromatic heterocycles. The number of rotatable bonds is 3. The average Bonchev–Trinajstić information content (AvgIpc) is 2.69. The van der Waals surface area contributed by atoms with Crippen molar-refractivity contribution in [2.24, 2.45) is 0 Å². The van der Waals surface area contributed by atoms with Crippen LogP contribution in [0.3, 0.4) is 0 Å². The molecular formula is C9H9BrN4. The quantitative estimate of drug-likeness (QED) is 0.824. The van der Waals surface area contributed by atoms with E-state index in [0.717, 1.165) is 16.0 Å². The summed E-state index contributed by atoms with van der Waals surface area (Å²) in [5.74, 6) is 0. The van der Waals surface area contributed by atoms with E-state index in [1.165, 1.54) is 0 Å². The number of imidazole rings is 1. The van der Waals surface area contributed by atoms with E-state index < -0.39 is 0 Å². The zero-order chi connectivity index (χ0) is 9.80. The minimum absolute atomic E-state index is 0.713. The van der Waals surface area contributed by atoms with Crippen LogP contribution in [-0.4, -0.2) is 15.0 Å². The molecular weight excluding hydrogens is 244 g/mol. The van der Waals surface area contributed by atoms with E-state index in [9.17, 15) is 0 Å². The number of halogens is 1. The summed E-state index contributed by atoms with van der Waals surface area (Å²) in [6.07, 6.45) is 5.19. The maximum atomic E-state index is 4.11. The van der Waals surface area contributed by atoms with Crippen molar-refractivity contribution in [2.45, 2.75) is 6.54 Å². The molecule has 2 heterocycles. The number of aromatic nitrogens is 3. The molecule has 0 saturated carbocycles. The lowest BCUT2D eigenvalue weighted by Gasteiger charge is -2.05. The monoisotopic (exact) mass is 252 g/mol. The van der Waals surface area contributed by atoms with E-state index in [1.54, 1.807) is 18.7 Å². The lowest BCUT2D eigenvalue weighted by molar-refractivity contribution is 1.06. The highest BCUT2D eigenvalue weighted by atomic mass is 79.9. The van der Waals surface area contributed by atoms with Crippen molar-refractivity contribution >= 4 is 21.6 Å².